The van der Waals surface area contributed by atoms with Crippen LogP contribution in [0.15, 0.2) is 0 Å². The number of hydrogen-bond acceptors (Lipinski definition) is 3. The molecule has 1 rings (SSSR count). The van der Waals surface area contributed by atoms with E-state index in [0.717, 1.165) is 13.0 Å². The Bertz CT molecular complexity index is 152. The van der Waals surface area contributed by atoms with E-state index in [2.05, 4.69) is 21.6 Å². The minimum atomic E-state index is 0.321. The Morgan fingerprint density at radius 2 is 2.30 bits per heavy atom. The first-order valence-electron chi connectivity index (χ1n) is 3.32. The highest BCUT2D eigenvalue weighted by molar-refractivity contribution is 7.94. The Labute approximate surface area is 66.8 Å². The predicted octanol–water partition coefficient (Wildman–Crippen LogP) is 0.819. The van der Waals surface area contributed by atoms with E-state index in [0.29, 0.717) is 6.04 Å². The highest BCUT2D eigenvalue weighted by atomic mass is 32.2. The highest BCUT2D eigenvalue weighted by Gasteiger charge is 2.20. The average molecular weight is 156 g/mol. The minimum absolute atomic E-state index is 0.321. The summed E-state index contributed by atoms with van der Waals surface area (Å²) in [5.41, 5.74) is 0. The summed E-state index contributed by atoms with van der Waals surface area (Å²) in [6.45, 7) is 1.09. The molecule has 1 aliphatic rings. The van der Waals surface area contributed by atoms with E-state index in [9.17, 15) is 0 Å². The third kappa shape index (κ3) is 1.66. The molecule has 0 radical (unpaired) electrons. The summed E-state index contributed by atoms with van der Waals surface area (Å²) in [5, 5.41) is 0. The molecule has 0 aromatic heterocycles. The van der Waals surface area contributed by atoms with Gasteiger partial charge in [0.05, 0.1) is 6.04 Å². The van der Waals surface area contributed by atoms with Crippen LogP contribution in [0.1, 0.15) is 6.42 Å². The molecule has 1 aliphatic heterocycles. The number of hydrogen-bond donors (Lipinski definition) is 0. The minimum Gasteiger partial charge on any atom is -0.240 e. The van der Waals surface area contributed by atoms with Crippen molar-refractivity contribution in [2.75, 3.05) is 20.6 Å². The monoisotopic (exact) mass is 156 g/mol. The molecule has 1 saturated heterocycles. The normalized spacial score (nSPS) is 29.9. The van der Waals surface area contributed by atoms with Gasteiger partial charge in [-0.3, -0.25) is 0 Å². The second kappa shape index (κ2) is 3.29. The fourth-order valence-corrected chi connectivity index (χ4v) is 1.90. The topological polar surface area (TPSA) is 6.48 Å². The summed E-state index contributed by atoms with van der Waals surface area (Å²) in [5.74, 6) is 2.75. The summed E-state index contributed by atoms with van der Waals surface area (Å²) in [6.07, 6.45) is 6.40. The van der Waals surface area contributed by atoms with E-state index in [-0.39, 0.29) is 0 Å². The second-order valence-corrected chi connectivity index (χ2v) is 3.81. The maximum absolute atomic E-state index is 5.32. The van der Waals surface area contributed by atoms with E-state index in [4.69, 9.17) is 6.42 Å². The van der Waals surface area contributed by atoms with Gasteiger partial charge in [0, 0.05) is 25.7 Å². The lowest BCUT2D eigenvalue weighted by molar-refractivity contribution is 0.364. The van der Waals surface area contributed by atoms with Crippen LogP contribution in [0.5, 0.6) is 0 Å². The van der Waals surface area contributed by atoms with Crippen molar-refractivity contribution < 1.29 is 0 Å². The molecule has 3 heteroatoms. The van der Waals surface area contributed by atoms with Gasteiger partial charge < -0.3 is 0 Å². The van der Waals surface area contributed by atoms with Crippen molar-refractivity contribution in [3.63, 3.8) is 0 Å². The van der Waals surface area contributed by atoms with Crippen molar-refractivity contribution >= 4 is 12.1 Å². The standard InChI is InChI=1S/C7H12N2S/c1-4-7-5-6-8(2)10-9(7)3/h1,7H,5-6H2,2-3H3. The molecule has 2 nitrogen and oxygen atoms in total. The largest absolute Gasteiger partial charge is 0.240 e. The van der Waals surface area contributed by atoms with Crippen LogP contribution < -0.4 is 0 Å². The highest BCUT2D eigenvalue weighted by Crippen LogP contribution is 2.22. The van der Waals surface area contributed by atoms with E-state index in [1.807, 2.05) is 7.05 Å². The second-order valence-electron chi connectivity index (χ2n) is 2.45. The summed E-state index contributed by atoms with van der Waals surface area (Å²) in [7, 11) is 4.11. The van der Waals surface area contributed by atoms with Gasteiger partial charge in [0.25, 0.3) is 0 Å². The van der Waals surface area contributed by atoms with Crippen LogP contribution in [0, 0.1) is 12.3 Å². The Morgan fingerprint density at radius 1 is 1.60 bits per heavy atom. The number of rotatable bonds is 0. The Morgan fingerprint density at radius 3 is 2.80 bits per heavy atom. The van der Waals surface area contributed by atoms with Gasteiger partial charge in [-0.2, -0.15) is 0 Å². The maximum atomic E-state index is 5.32. The molecule has 1 unspecified atom stereocenters. The zero-order valence-corrected chi connectivity index (χ0v) is 7.19. The number of nitrogens with zero attached hydrogens (tertiary/aromatic N) is 2. The summed E-state index contributed by atoms with van der Waals surface area (Å²) >= 11 is 1.70. The van der Waals surface area contributed by atoms with Crippen LogP contribution in [0.4, 0.5) is 0 Å². The molecule has 10 heavy (non-hydrogen) atoms. The van der Waals surface area contributed by atoms with Crippen molar-refractivity contribution in [1.82, 2.24) is 8.61 Å². The molecule has 56 valence electrons. The van der Waals surface area contributed by atoms with Crippen LogP contribution in [0.3, 0.4) is 0 Å². The van der Waals surface area contributed by atoms with Gasteiger partial charge in [-0.1, -0.05) is 5.92 Å². The zero-order chi connectivity index (χ0) is 7.56. The molecule has 0 saturated carbocycles. The third-order valence-electron chi connectivity index (χ3n) is 1.62. The van der Waals surface area contributed by atoms with Crippen molar-refractivity contribution in [2.45, 2.75) is 12.5 Å². The quantitative estimate of drug-likeness (QED) is 0.379. The van der Waals surface area contributed by atoms with Crippen LogP contribution in [0.25, 0.3) is 0 Å². The van der Waals surface area contributed by atoms with Crippen molar-refractivity contribution in [3.05, 3.63) is 0 Å². The predicted molar refractivity (Wildman–Crippen MR) is 45.2 cm³/mol. The van der Waals surface area contributed by atoms with Crippen molar-refractivity contribution in [3.8, 4) is 12.3 Å². The smallest absolute Gasteiger partial charge is 0.0829 e. The van der Waals surface area contributed by atoms with Gasteiger partial charge in [0.15, 0.2) is 0 Å². The van der Waals surface area contributed by atoms with E-state index < -0.39 is 0 Å². The van der Waals surface area contributed by atoms with Crippen molar-refractivity contribution in [2.24, 2.45) is 0 Å². The van der Waals surface area contributed by atoms with Crippen LogP contribution in [-0.4, -0.2) is 35.3 Å². The first kappa shape index (κ1) is 7.93. The van der Waals surface area contributed by atoms with E-state index in [1.54, 1.807) is 12.1 Å². The van der Waals surface area contributed by atoms with Crippen LogP contribution in [0.2, 0.25) is 0 Å². The van der Waals surface area contributed by atoms with Crippen LogP contribution >= 0.6 is 12.1 Å². The molecule has 0 amide bonds. The van der Waals surface area contributed by atoms with Gasteiger partial charge >= 0.3 is 0 Å². The molecule has 1 atom stereocenters. The first-order chi connectivity index (χ1) is 4.74. The Hall–Kier alpha value is -0.170. The SMILES string of the molecule is C#CC1CCN(C)SN1C. The third-order valence-corrected chi connectivity index (χ3v) is 2.59. The molecule has 1 fully saturated rings. The fourth-order valence-electron chi connectivity index (χ4n) is 0.992. The van der Waals surface area contributed by atoms with Gasteiger partial charge in [-0.05, 0) is 13.5 Å². The lowest BCUT2D eigenvalue weighted by atomic mass is 10.2. The average Bonchev–Trinajstić information content (AvgIpc) is 1.88. The lowest BCUT2D eigenvalue weighted by Crippen LogP contribution is -2.36. The molecule has 0 spiro atoms. The molecular weight excluding hydrogens is 144 g/mol. The summed E-state index contributed by atoms with van der Waals surface area (Å²) in [4.78, 5) is 0. The Balaban J connectivity index is 2.45. The maximum Gasteiger partial charge on any atom is 0.0829 e. The first-order valence-corrected chi connectivity index (χ1v) is 4.05. The van der Waals surface area contributed by atoms with E-state index >= 15 is 0 Å². The summed E-state index contributed by atoms with van der Waals surface area (Å²) in [6, 6.07) is 0.321. The molecule has 0 bridgehead atoms. The number of terminal acetylenes is 1. The van der Waals surface area contributed by atoms with Gasteiger partial charge in [0.1, 0.15) is 0 Å². The van der Waals surface area contributed by atoms with Gasteiger partial charge in [-0.15, -0.1) is 6.42 Å². The molecule has 0 N–H and O–H groups in total. The van der Waals surface area contributed by atoms with Crippen molar-refractivity contribution in [1.29, 1.82) is 0 Å². The molecule has 0 aromatic carbocycles. The molecule has 0 aromatic rings. The Kier molecular flexibility index (Phi) is 2.61. The lowest BCUT2D eigenvalue weighted by Gasteiger charge is -2.32. The fraction of sp³-hybridized carbons (Fsp3) is 0.714. The molecule has 1 heterocycles. The van der Waals surface area contributed by atoms with Crippen LogP contribution in [-0.2, 0) is 0 Å². The zero-order valence-electron chi connectivity index (χ0n) is 6.37. The van der Waals surface area contributed by atoms with E-state index in [1.165, 1.54) is 0 Å². The summed E-state index contributed by atoms with van der Waals surface area (Å²) < 4.78 is 4.30. The molecular formula is C7H12N2S. The van der Waals surface area contributed by atoms with Gasteiger partial charge in [-0.25, -0.2) is 8.61 Å². The van der Waals surface area contributed by atoms with Gasteiger partial charge in [0.2, 0.25) is 0 Å². The molecule has 0 aliphatic carbocycles.